The van der Waals surface area contributed by atoms with Crippen molar-refractivity contribution in [2.75, 3.05) is 31.6 Å². The van der Waals surface area contributed by atoms with Crippen LogP contribution in [0.5, 0.6) is 0 Å². The van der Waals surface area contributed by atoms with E-state index in [4.69, 9.17) is 16.3 Å². The lowest BCUT2D eigenvalue weighted by Crippen LogP contribution is -2.43. The van der Waals surface area contributed by atoms with Crippen LogP contribution in [0.1, 0.15) is 16.7 Å². The maximum absolute atomic E-state index is 12.4. The van der Waals surface area contributed by atoms with E-state index in [-0.39, 0.29) is 6.03 Å². The third kappa shape index (κ3) is 3.43. The molecule has 0 saturated carbocycles. The zero-order valence-corrected chi connectivity index (χ0v) is 15.2. The van der Waals surface area contributed by atoms with E-state index in [9.17, 15) is 4.79 Å². The second-order valence-electron chi connectivity index (χ2n) is 6.45. The number of fused-ring (bicyclic) bond motifs is 1. The summed E-state index contributed by atoms with van der Waals surface area (Å²) in [4.78, 5) is 23.1. The Hall–Kier alpha value is -2.44. The van der Waals surface area contributed by atoms with E-state index in [1.54, 1.807) is 17.0 Å². The van der Waals surface area contributed by atoms with Gasteiger partial charge in [0.25, 0.3) is 0 Å². The smallest absolute Gasteiger partial charge is 0.321 e. The van der Waals surface area contributed by atoms with Crippen LogP contribution in [-0.4, -0.2) is 47.9 Å². The first-order valence-electron chi connectivity index (χ1n) is 8.57. The number of aromatic nitrogens is 1. The Morgan fingerprint density at radius 1 is 1.27 bits per heavy atom. The number of urea groups is 1. The van der Waals surface area contributed by atoms with Gasteiger partial charge in [-0.3, -0.25) is 0 Å². The highest BCUT2D eigenvalue weighted by Crippen LogP contribution is 2.31. The molecule has 0 radical (unpaired) electrons. The number of aliphatic imine (C=N–C) groups is 1. The number of amides is 2. The molecule has 0 atom stereocenters. The van der Waals surface area contributed by atoms with Crippen molar-refractivity contribution in [3.05, 3.63) is 52.2 Å². The Morgan fingerprint density at radius 2 is 2.08 bits per heavy atom. The molecule has 0 spiro atoms. The Morgan fingerprint density at radius 3 is 2.88 bits per heavy atom. The van der Waals surface area contributed by atoms with Gasteiger partial charge in [-0.1, -0.05) is 17.7 Å². The average molecular weight is 371 g/mol. The number of halogens is 1. The summed E-state index contributed by atoms with van der Waals surface area (Å²) in [6, 6.07) is 7.43. The normalized spacial score (nSPS) is 16.2. The van der Waals surface area contributed by atoms with Gasteiger partial charge in [0.15, 0.2) is 5.82 Å². The van der Waals surface area contributed by atoms with Crippen molar-refractivity contribution in [2.45, 2.75) is 13.3 Å². The van der Waals surface area contributed by atoms with E-state index in [0.717, 1.165) is 28.2 Å². The fourth-order valence-electron chi connectivity index (χ4n) is 3.15. The number of hydrogen-bond acceptors (Lipinski definition) is 4. The van der Waals surface area contributed by atoms with Crippen LogP contribution in [0.2, 0.25) is 5.02 Å². The number of aryl methyl sites for hydroxylation is 1. The number of carbonyl (C=O) groups excluding carboxylic acids is 1. The molecule has 26 heavy (non-hydrogen) atoms. The first kappa shape index (κ1) is 17.0. The van der Waals surface area contributed by atoms with Crippen molar-refractivity contribution in [3.63, 3.8) is 0 Å². The number of nitrogens with one attached hydrogen (secondary N) is 1. The molecule has 1 aromatic carbocycles. The quantitative estimate of drug-likeness (QED) is 0.878. The van der Waals surface area contributed by atoms with Gasteiger partial charge in [-0.2, -0.15) is 0 Å². The van der Waals surface area contributed by atoms with Gasteiger partial charge in [-0.05, 0) is 30.7 Å². The second kappa shape index (κ2) is 7.05. The van der Waals surface area contributed by atoms with E-state index in [1.165, 1.54) is 0 Å². The van der Waals surface area contributed by atoms with Crippen LogP contribution in [0.15, 0.2) is 35.5 Å². The molecule has 4 rings (SSSR count). The average Bonchev–Trinajstić information content (AvgIpc) is 3.07. The van der Waals surface area contributed by atoms with E-state index in [2.05, 4.69) is 21.4 Å². The molecule has 2 amide bonds. The Balaban J connectivity index is 1.55. The summed E-state index contributed by atoms with van der Waals surface area (Å²) < 4.78 is 5.28. The largest absolute Gasteiger partial charge is 0.378 e. The Kier molecular flexibility index (Phi) is 4.61. The lowest BCUT2D eigenvalue weighted by atomic mass is 10.0. The highest BCUT2D eigenvalue weighted by Gasteiger charge is 2.21. The third-order valence-corrected chi connectivity index (χ3v) is 4.83. The van der Waals surface area contributed by atoms with Gasteiger partial charge in [-0.25, -0.2) is 14.8 Å². The molecule has 1 N–H and O–H groups in total. The zero-order valence-electron chi connectivity index (χ0n) is 14.5. The van der Waals surface area contributed by atoms with Crippen molar-refractivity contribution in [3.8, 4) is 0 Å². The number of rotatable bonds is 2. The second-order valence-corrected chi connectivity index (χ2v) is 6.86. The van der Waals surface area contributed by atoms with Crippen LogP contribution in [0.25, 0.3) is 0 Å². The minimum absolute atomic E-state index is 0.129. The van der Waals surface area contributed by atoms with Crippen molar-refractivity contribution < 1.29 is 9.53 Å². The van der Waals surface area contributed by atoms with Crippen molar-refractivity contribution in [1.82, 2.24) is 9.88 Å². The first-order valence-corrected chi connectivity index (χ1v) is 8.94. The highest BCUT2D eigenvalue weighted by atomic mass is 35.5. The van der Waals surface area contributed by atoms with Gasteiger partial charge in [-0.15, -0.1) is 0 Å². The minimum atomic E-state index is -0.129. The number of nitrogens with zero attached hydrogens (tertiary/aromatic N) is 3. The number of morpholine rings is 1. The van der Waals surface area contributed by atoms with Crippen LogP contribution < -0.4 is 5.32 Å². The third-order valence-electron chi connectivity index (χ3n) is 4.51. The molecule has 3 heterocycles. The molecular weight excluding hydrogens is 352 g/mol. The van der Waals surface area contributed by atoms with Gasteiger partial charge < -0.3 is 15.0 Å². The maximum atomic E-state index is 12.4. The molecule has 6 nitrogen and oxygen atoms in total. The predicted octanol–water partition coefficient (Wildman–Crippen LogP) is 3.58. The predicted molar refractivity (Wildman–Crippen MR) is 102 cm³/mol. The van der Waals surface area contributed by atoms with Gasteiger partial charge in [0.05, 0.1) is 18.9 Å². The van der Waals surface area contributed by atoms with Crippen LogP contribution in [0.3, 0.4) is 0 Å². The van der Waals surface area contributed by atoms with E-state index in [1.807, 2.05) is 19.2 Å². The highest BCUT2D eigenvalue weighted by molar-refractivity contribution is 6.34. The molecule has 0 bridgehead atoms. The summed E-state index contributed by atoms with van der Waals surface area (Å²) in [7, 11) is 0. The van der Waals surface area contributed by atoms with Gasteiger partial charge in [0.2, 0.25) is 0 Å². The van der Waals surface area contributed by atoms with Gasteiger partial charge >= 0.3 is 6.03 Å². The molecule has 2 aliphatic rings. The number of anilines is 1. The van der Waals surface area contributed by atoms with Crippen molar-refractivity contribution >= 4 is 34.8 Å². The van der Waals surface area contributed by atoms with Crippen LogP contribution in [0, 0.1) is 6.92 Å². The van der Waals surface area contributed by atoms with Crippen molar-refractivity contribution in [2.24, 2.45) is 4.99 Å². The molecule has 0 aliphatic carbocycles. The minimum Gasteiger partial charge on any atom is -0.378 e. The number of ether oxygens (including phenoxy) is 1. The number of pyridine rings is 1. The van der Waals surface area contributed by atoms with Gasteiger partial charge in [0, 0.05) is 47.5 Å². The summed E-state index contributed by atoms with van der Waals surface area (Å²) >= 11 is 6.39. The van der Waals surface area contributed by atoms with E-state index < -0.39 is 0 Å². The molecule has 2 aliphatic heterocycles. The molecule has 134 valence electrons. The standard InChI is InChI=1S/C19H19ClN4O2/c1-12-8-13-9-17(23-18(13)21-11-12)15-10-14(2-3-16(15)20)22-19(25)24-4-6-26-7-5-24/h2-3,8,10-11H,4-7,9H2,1H3,(H,22,25). The first-order chi connectivity index (χ1) is 12.6. The Labute approximate surface area is 156 Å². The van der Waals surface area contributed by atoms with Gasteiger partial charge in [0.1, 0.15) is 0 Å². The fraction of sp³-hybridized carbons (Fsp3) is 0.316. The number of benzene rings is 1. The van der Waals surface area contributed by atoms with Crippen LogP contribution in [-0.2, 0) is 11.2 Å². The summed E-state index contributed by atoms with van der Waals surface area (Å²) in [5.41, 5.74) is 4.59. The SMILES string of the molecule is Cc1cnc2c(c1)CC(c1cc(NC(=O)N3CCOCC3)ccc1Cl)=N2. The molecule has 1 fully saturated rings. The maximum Gasteiger partial charge on any atom is 0.321 e. The molecule has 1 aromatic heterocycles. The van der Waals surface area contributed by atoms with Crippen molar-refractivity contribution in [1.29, 1.82) is 0 Å². The topological polar surface area (TPSA) is 66.8 Å². The molecule has 0 unspecified atom stereocenters. The molecule has 1 saturated heterocycles. The number of hydrogen-bond donors (Lipinski definition) is 1. The van der Waals surface area contributed by atoms with Crippen LogP contribution >= 0.6 is 11.6 Å². The van der Waals surface area contributed by atoms with E-state index >= 15 is 0 Å². The molecular formula is C19H19ClN4O2. The fourth-order valence-corrected chi connectivity index (χ4v) is 3.38. The Bertz CT molecular complexity index is 891. The van der Waals surface area contributed by atoms with E-state index in [0.29, 0.717) is 43.4 Å². The monoisotopic (exact) mass is 370 g/mol. The zero-order chi connectivity index (χ0) is 18.1. The summed E-state index contributed by atoms with van der Waals surface area (Å²) in [6.45, 7) is 4.35. The lowest BCUT2D eigenvalue weighted by Gasteiger charge is -2.27. The summed E-state index contributed by atoms with van der Waals surface area (Å²) in [6.07, 6.45) is 2.50. The number of carbonyl (C=O) groups is 1. The molecule has 7 heteroatoms. The van der Waals surface area contributed by atoms with Crippen LogP contribution in [0.4, 0.5) is 16.3 Å². The summed E-state index contributed by atoms with van der Waals surface area (Å²) in [5.74, 6) is 0.740. The summed E-state index contributed by atoms with van der Waals surface area (Å²) in [5, 5.41) is 3.54. The lowest BCUT2D eigenvalue weighted by molar-refractivity contribution is 0.0564. The molecule has 2 aromatic rings.